The molecule has 1 aliphatic carbocycles. The molecule has 4 aromatic rings. The van der Waals surface area contributed by atoms with Gasteiger partial charge in [0, 0.05) is 22.6 Å². The van der Waals surface area contributed by atoms with Gasteiger partial charge in [0.1, 0.15) is 24.1 Å². The summed E-state index contributed by atoms with van der Waals surface area (Å²) >= 11 is 0. The lowest BCUT2D eigenvalue weighted by atomic mass is 9.90. The van der Waals surface area contributed by atoms with Crippen LogP contribution in [0.2, 0.25) is 0 Å². The first-order chi connectivity index (χ1) is 14.1. The average molecular weight is 384 g/mol. The number of furan rings is 1. The summed E-state index contributed by atoms with van der Waals surface area (Å²) in [6.07, 6.45) is 10.6. The van der Waals surface area contributed by atoms with Crippen molar-refractivity contribution in [3.63, 3.8) is 0 Å². The zero-order chi connectivity index (χ0) is 19.7. The standard InChI is InChI=1S/C26H26NO2/c1-15-20-9-11-28-25(20)16(2)22-24-23-19(8-10-27(24)3)13-18(12-17-6-4-5-7-17)14-21(23)29-26(15)22/h8-11,13-14,17H,4-7,12H2,1-3H3/q+1. The Hall–Kier alpha value is -2.81. The van der Waals surface area contributed by atoms with E-state index in [2.05, 4.69) is 49.9 Å². The van der Waals surface area contributed by atoms with Crippen molar-refractivity contribution in [3.8, 4) is 22.8 Å². The molecule has 2 aliphatic rings. The Bertz CT molecular complexity index is 1290. The number of rotatable bonds is 2. The minimum atomic E-state index is 0.823. The largest absolute Gasteiger partial charge is 0.464 e. The molecule has 2 aromatic carbocycles. The number of nitrogens with zero attached hydrogens (tertiary/aromatic N) is 1. The summed E-state index contributed by atoms with van der Waals surface area (Å²) < 4.78 is 14.7. The average Bonchev–Trinajstić information content (AvgIpc) is 3.40. The van der Waals surface area contributed by atoms with Crippen LogP contribution >= 0.6 is 0 Å². The highest BCUT2D eigenvalue weighted by Gasteiger charge is 2.33. The van der Waals surface area contributed by atoms with Crippen molar-refractivity contribution in [3.05, 3.63) is 53.4 Å². The second-order valence-electron chi connectivity index (χ2n) is 8.91. The van der Waals surface area contributed by atoms with Crippen LogP contribution < -0.4 is 9.30 Å². The first kappa shape index (κ1) is 17.1. The highest BCUT2D eigenvalue weighted by molar-refractivity contribution is 6.05. The monoisotopic (exact) mass is 384 g/mol. The Kier molecular flexibility index (Phi) is 3.59. The van der Waals surface area contributed by atoms with Crippen LogP contribution in [-0.2, 0) is 13.5 Å². The molecule has 3 heteroatoms. The Morgan fingerprint density at radius 1 is 1.07 bits per heavy atom. The molecule has 6 rings (SSSR count). The summed E-state index contributed by atoms with van der Waals surface area (Å²) in [7, 11) is 2.13. The van der Waals surface area contributed by atoms with Crippen LogP contribution in [-0.4, -0.2) is 0 Å². The van der Waals surface area contributed by atoms with Gasteiger partial charge < -0.3 is 9.15 Å². The molecule has 3 heterocycles. The topological polar surface area (TPSA) is 26.2 Å². The molecule has 0 amide bonds. The van der Waals surface area contributed by atoms with Crippen LogP contribution in [0.3, 0.4) is 0 Å². The summed E-state index contributed by atoms with van der Waals surface area (Å²) in [6, 6.07) is 8.94. The normalized spacial score (nSPS) is 15.8. The predicted octanol–water partition coefficient (Wildman–Crippen LogP) is 6.53. The van der Waals surface area contributed by atoms with Crippen LogP contribution in [0.4, 0.5) is 0 Å². The molecule has 0 radical (unpaired) electrons. The van der Waals surface area contributed by atoms with Crippen LogP contribution in [0.15, 0.2) is 41.1 Å². The van der Waals surface area contributed by atoms with Gasteiger partial charge in [0.2, 0.25) is 5.69 Å². The fraction of sp³-hybridized carbons (Fsp3) is 0.346. The maximum atomic E-state index is 6.64. The molecular formula is C26H26NO2+. The number of aromatic nitrogens is 1. The quantitative estimate of drug-likeness (QED) is 0.323. The Labute approximate surface area is 170 Å². The molecule has 0 spiro atoms. The SMILES string of the molecule is Cc1c2c(c(C)c3occc13)-c1c3c(cc(CC4CCCC4)cc3cc[n+]1C)O2. The Balaban J connectivity index is 1.63. The van der Waals surface area contributed by atoms with Gasteiger partial charge in [0.25, 0.3) is 0 Å². The molecule has 1 fully saturated rings. The summed E-state index contributed by atoms with van der Waals surface area (Å²) in [5, 5.41) is 3.62. The highest BCUT2D eigenvalue weighted by Crippen LogP contribution is 2.50. The molecule has 3 nitrogen and oxygen atoms in total. The van der Waals surface area contributed by atoms with Crippen molar-refractivity contribution in [2.75, 3.05) is 0 Å². The second kappa shape index (κ2) is 6.09. The van der Waals surface area contributed by atoms with E-state index in [4.69, 9.17) is 9.15 Å². The molecular weight excluding hydrogens is 358 g/mol. The van der Waals surface area contributed by atoms with Gasteiger partial charge >= 0.3 is 0 Å². The number of hydrogen-bond donors (Lipinski definition) is 0. The van der Waals surface area contributed by atoms with Crippen LogP contribution in [0, 0.1) is 19.8 Å². The summed E-state index contributed by atoms with van der Waals surface area (Å²) in [5.74, 6) is 2.80. The Morgan fingerprint density at radius 2 is 1.90 bits per heavy atom. The zero-order valence-electron chi connectivity index (χ0n) is 17.3. The number of aryl methyl sites for hydroxylation is 3. The molecule has 0 bridgehead atoms. The molecule has 0 N–H and O–H groups in total. The molecule has 1 aliphatic heterocycles. The maximum absolute atomic E-state index is 6.64. The van der Waals surface area contributed by atoms with Gasteiger partial charge in [-0.15, -0.1) is 0 Å². The third-order valence-corrected chi connectivity index (χ3v) is 7.06. The zero-order valence-corrected chi connectivity index (χ0v) is 17.3. The van der Waals surface area contributed by atoms with Gasteiger partial charge in [-0.2, -0.15) is 0 Å². The van der Waals surface area contributed by atoms with E-state index in [-0.39, 0.29) is 0 Å². The van der Waals surface area contributed by atoms with Crippen molar-refractivity contribution in [1.82, 2.24) is 0 Å². The van der Waals surface area contributed by atoms with E-state index in [9.17, 15) is 0 Å². The van der Waals surface area contributed by atoms with E-state index in [1.54, 1.807) is 6.26 Å². The fourth-order valence-electron chi connectivity index (χ4n) is 5.58. The minimum absolute atomic E-state index is 0.823. The van der Waals surface area contributed by atoms with Crippen LogP contribution in [0.5, 0.6) is 11.5 Å². The van der Waals surface area contributed by atoms with Crippen molar-refractivity contribution in [2.45, 2.75) is 46.0 Å². The number of pyridine rings is 1. The first-order valence-electron chi connectivity index (χ1n) is 10.8. The third-order valence-electron chi connectivity index (χ3n) is 7.06. The number of ether oxygens (including phenoxy) is 1. The van der Waals surface area contributed by atoms with Crippen molar-refractivity contribution in [1.29, 1.82) is 0 Å². The lowest BCUT2D eigenvalue weighted by molar-refractivity contribution is -0.659. The first-order valence-corrected chi connectivity index (χ1v) is 10.8. The summed E-state index contributed by atoms with van der Waals surface area (Å²) in [6.45, 7) is 4.29. The van der Waals surface area contributed by atoms with E-state index in [1.165, 1.54) is 47.7 Å². The van der Waals surface area contributed by atoms with Crippen molar-refractivity contribution < 1.29 is 13.7 Å². The van der Waals surface area contributed by atoms with Gasteiger partial charge in [-0.3, -0.25) is 0 Å². The number of hydrogen-bond acceptors (Lipinski definition) is 2. The maximum Gasteiger partial charge on any atom is 0.228 e. The molecule has 0 atom stereocenters. The molecule has 2 aromatic heterocycles. The molecule has 1 saturated carbocycles. The van der Waals surface area contributed by atoms with Crippen molar-refractivity contribution >= 4 is 21.7 Å². The molecule has 146 valence electrons. The van der Waals surface area contributed by atoms with Crippen LogP contribution in [0.1, 0.15) is 42.4 Å². The number of fused-ring (bicyclic) bond motifs is 3. The van der Waals surface area contributed by atoms with Crippen molar-refractivity contribution in [2.24, 2.45) is 13.0 Å². The summed E-state index contributed by atoms with van der Waals surface area (Å²) in [5.41, 5.74) is 7.05. The van der Waals surface area contributed by atoms with Crippen LogP contribution in [0.25, 0.3) is 33.0 Å². The smallest absolute Gasteiger partial charge is 0.228 e. The van der Waals surface area contributed by atoms with E-state index < -0.39 is 0 Å². The molecule has 29 heavy (non-hydrogen) atoms. The van der Waals surface area contributed by atoms with Gasteiger partial charge in [0.05, 0.1) is 17.2 Å². The molecule has 0 unspecified atom stereocenters. The van der Waals surface area contributed by atoms with E-state index in [0.717, 1.165) is 51.5 Å². The van der Waals surface area contributed by atoms with E-state index in [1.807, 2.05) is 6.07 Å². The molecule has 0 saturated heterocycles. The summed E-state index contributed by atoms with van der Waals surface area (Å²) in [4.78, 5) is 0. The predicted molar refractivity (Wildman–Crippen MR) is 116 cm³/mol. The van der Waals surface area contributed by atoms with E-state index >= 15 is 0 Å². The van der Waals surface area contributed by atoms with Gasteiger partial charge in [0.15, 0.2) is 6.20 Å². The lowest BCUT2D eigenvalue weighted by Crippen LogP contribution is -2.32. The highest BCUT2D eigenvalue weighted by atomic mass is 16.5. The second-order valence-corrected chi connectivity index (χ2v) is 8.91. The van der Waals surface area contributed by atoms with Gasteiger partial charge in [-0.1, -0.05) is 31.7 Å². The van der Waals surface area contributed by atoms with E-state index in [0.29, 0.717) is 0 Å². The number of benzene rings is 2. The Morgan fingerprint density at radius 3 is 2.72 bits per heavy atom. The van der Waals surface area contributed by atoms with Gasteiger partial charge in [-0.05, 0) is 49.3 Å². The lowest BCUT2D eigenvalue weighted by Gasteiger charge is -2.23. The fourth-order valence-corrected chi connectivity index (χ4v) is 5.58. The van der Waals surface area contributed by atoms with Gasteiger partial charge in [-0.25, -0.2) is 4.57 Å². The third kappa shape index (κ3) is 2.40. The minimum Gasteiger partial charge on any atom is -0.464 e.